The molecule has 0 saturated carbocycles. The molecule has 0 aromatic heterocycles. The van der Waals surface area contributed by atoms with Gasteiger partial charge in [-0.2, -0.15) is 0 Å². The van der Waals surface area contributed by atoms with Gasteiger partial charge < -0.3 is 4.74 Å². The predicted molar refractivity (Wildman–Crippen MR) is 352 cm³/mol. The van der Waals surface area contributed by atoms with Crippen LogP contribution in [0.25, 0.3) is 184 Å². The second-order valence-corrected chi connectivity index (χ2v) is 25.8. The molecule has 0 aliphatic heterocycles. The standard InChI is InChI=1S/C80H56O/c1-41-35-45(39-48(36-41)81-8)49-25-31-60-68-51(49)23-14-24-59(68)75-66(42-15-11-18-46(37-42)79(2,3)4)77-62-33-29-56-54-26-27-58-64-40-44-17-13-22-52-50-20-9-10-21-53(50)74(65(44)52)73(64)61-32-28-55(69(54)71(58)61)57-30-34-63(72(62)70(56)57)78(77)67(76(60)75)43-16-12-19-47(38-43)80(5,6)7/h9-40H,1-8H3. The van der Waals surface area contributed by atoms with Crippen molar-refractivity contribution in [3.05, 3.63) is 211 Å². The van der Waals surface area contributed by atoms with Gasteiger partial charge in [0.05, 0.1) is 7.11 Å². The lowest BCUT2D eigenvalue weighted by Crippen LogP contribution is -2.10. The van der Waals surface area contributed by atoms with Crippen molar-refractivity contribution in [1.82, 2.24) is 0 Å². The predicted octanol–water partition coefficient (Wildman–Crippen LogP) is 22.9. The maximum atomic E-state index is 5.89. The summed E-state index contributed by atoms with van der Waals surface area (Å²) in [7, 11) is 1.77. The van der Waals surface area contributed by atoms with Gasteiger partial charge in [0.25, 0.3) is 0 Å². The lowest BCUT2D eigenvalue weighted by molar-refractivity contribution is 0.414. The highest BCUT2D eigenvalue weighted by Gasteiger charge is 2.31. The maximum absolute atomic E-state index is 5.89. The van der Waals surface area contributed by atoms with Crippen molar-refractivity contribution >= 4 is 151 Å². The summed E-state index contributed by atoms with van der Waals surface area (Å²) < 4.78 is 5.89. The fourth-order valence-electron chi connectivity index (χ4n) is 15.9. The fraction of sp³-hybridized carbons (Fsp3) is 0.125. The number of fused-ring (bicyclic) bond motifs is 15. The summed E-state index contributed by atoms with van der Waals surface area (Å²) in [6.45, 7) is 16.2. The van der Waals surface area contributed by atoms with Crippen LogP contribution in [0.3, 0.4) is 0 Å². The van der Waals surface area contributed by atoms with Crippen LogP contribution in [0.15, 0.2) is 194 Å². The maximum Gasteiger partial charge on any atom is 0.119 e. The van der Waals surface area contributed by atoms with Crippen LogP contribution >= 0.6 is 0 Å². The Kier molecular flexibility index (Phi) is 8.62. The molecule has 0 amide bonds. The van der Waals surface area contributed by atoms with Gasteiger partial charge in [0.1, 0.15) is 5.75 Å². The second kappa shape index (κ2) is 15.3. The monoisotopic (exact) mass is 1030 g/mol. The first-order valence-corrected chi connectivity index (χ1v) is 28.9. The van der Waals surface area contributed by atoms with Crippen molar-refractivity contribution < 1.29 is 4.74 Å². The van der Waals surface area contributed by atoms with Crippen molar-refractivity contribution in [2.24, 2.45) is 0 Å². The first kappa shape index (κ1) is 45.6. The minimum Gasteiger partial charge on any atom is -0.497 e. The van der Waals surface area contributed by atoms with E-state index in [1.54, 1.807) is 7.11 Å². The van der Waals surface area contributed by atoms with Crippen LogP contribution in [-0.4, -0.2) is 7.11 Å². The molecule has 18 aromatic carbocycles. The zero-order valence-corrected chi connectivity index (χ0v) is 46.9. The van der Waals surface area contributed by atoms with E-state index >= 15 is 0 Å². The molecule has 0 aliphatic rings. The topological polar surface area (TPSA) is 9.23 Å². The molecular weight excluding hydrogens is 977 g/mol. The number of methoxy groups -OCH3 is 1. The van der Waals surface area contributed by atoms with Crippen LogP contribution < -0.4 is 4.74 Å². The Balaban J connectivity index is 1.03. The van der Waals surface area contributed by atoms with E-state index in [1.807, 2.05) is 0 Å². The normalized spacial score (nSPS) is 13.2. The third kappa shape index (κ3) is 5.76. The van der Waals surface area contributed by atoms with Gasteiger partial charge >= 0.3 is 0 Å². The van der Waals surface area contributed by atoms with Crippen LogP contribution in [0.2, 0.25) is 0 Å². The van der Waals surface area contributed by atoms with Gasteiger partial charge in [-0.25, -0.2) is 0 Å². The molecule has 382 valence electrons. The molecule has 0 saturated heterocycles. The Labute approximate surface area is 469 Å². The number of hydrogen-bond donors (Lipinski definition) is 0. The molecule has 0 fully saturated rings. The summed E-state index contributed by atoms with van der Waals surface area (Å²) >= 11 is 0. The molecule has 0 N–H and O–H groups in total. The molecule has 0 bridgehead atoms. The van der Waals surface area contributed by atoms with E-state index < -0.39 is 0 Å². The highest BCUT2D eigenvalue weighted by Crippen LogP contribution is 2.59. The Morgan fingerprint density at radius 3 is 1.27 bits per heavy atom. The summed E-state index contributed by atoms with van der Waals surface area (Å²) in [6, 6.07) is 75.8. The van der Waals surface area contributed by atoms with Gasteiger partial charge in [-0.3, -0.25) is 0 Å². The van der Waals surface area contributed by atoms with Crippen molar-refractivity contribution in [3.63, 3.8) is 0 Å². The third-order valence-electron chi connectivity index (χ3n) is 19.4. The summed E-state index contributed by atoms with van der Waals surface area (Å²) in [6.07, 6.45) is 0. The molecule has 18 rings (SSSR count). The van der Waals surface area contributed by atoms with Crippen molar-refractivity contribution in [3.8, 4) is 39.1 Å². The number of aryl methyl sites for hydroxylation is 1. The average Bonchev–Trinajstić information content (AvgIpc) is 4.27. The Bertz CT molecular complexity index is 5590. The van der Waals surface area contributed by atoms with Gasteiger partial charge in [-0.15, -0.1) is 0 Å². The lowest BCUT2D eigenvalue weighted by Gasteiger charge is -2.22. The average molecular weight is 1030 g/mol. The van der Waals surface area contributed by atoms with Gasteiger partial charge in [0.2, 0.25) is 0 Å². The van der Waals surface area contributed by atoms with Crippen LogP contribution in [0, 0.1) is 6.92 Å². The Hall–Kier alpha value is -9.30. The number of benzene rings is 14. The van der Waals surface area contributed by atoms with E-state index in [0.29, 0.717) is 0 Å². The van der Waals surface area contributed by atoms with E-state index in [9.17, 15) is 0 Å². The Morgan fingerprint density at radius 2 is 0.679 bits per heavy atom. The molecule has 18 aromatic rings. The van der Waals surface area contributed by atoms with E-state index in [1.165, 1.54) is 201 Å². The van der Waals surface area contributed by atoms with Crippen LogP contribution in [-0.2, 0) is 10.8 Å². The van der Waals surface area contributed by atoms with Crippen molar-refractivity contribution in [1.29, 1.82) is 0 Å². The van der Waals surface area contributed by atoms with Gasteiger partial charge in [0.15, 0.2) is 0 Å². The molecule has 0 aliphatic carbocycles. The molecule has 1 heteroatoms. The lowest BCUT2D eigenvalue weighted by atomic mass is 9.82. The van der Waals surface area contributed by atoms with Crippen LogP contribution in [0.4, 0.5) is 0 Å². The van der Waals surface area contributed by atoms with Gasteiger partial charge in [0, 0.05) is 0 Å². The SMILES string of the molecule is COc1cc(C)cc(-c2ccc3c4c(-c5cccc(C(C)(C)C)c5)c5c6ccc7c8ccc9c%10c(ccc(c%11ccc(c5c(-c5cccc(C(C)(C)C)c5)c4c4cccc2c43)c6c%117)c8%10)c2cc3cccc4c5ccccc5c(c34)c29)c1. The van der Waals surface area contributed by atoms with Gasteiger partial charge in [-0.05, 0) is 237 Å². The summed E-state index contributed by atoms with van der Waals surface area (Å²) in [4.78, 5) is 0. The number of ether oxygens (including phenoxy) is 1. The van der Waals surface area contributed by atoms with Crippen molar-refractivity contribution in [2.45, 2.75) is 59.3 Å². The van der Waals surface area contributed by atoms with Gasteiger partial charge in [-0.1, -0.05) is 217 Å². The summed E-state index contributed by atoms with van der Waals surface area (Å²) in [5.74, 6) is 0.875. The highest BCUT2D eigenvalue weighted by atomic mass is 16.5. The third-order valence-corrected chi connectivity index (χ3v) is 19.4. The molecule has 81 heavy (non-hydrogen) atoms. The summed E-state index contributed by atoms with van der Waals surface area (Å²) in [5, 5.41) is 37.5. The number of rotatable bonds is 4. The van der Waals surface area contributed by atoms with Crippen LogP contribution in [0.5, 0.6) is 5.75 Å². The smallest absolute Gasteiger partial charge is 0.119 e. The van der Waals surface area contributed by atoms with E-state index in [4.69, 9.17) is 4.74 Å². The van der Waals surface area contributed by atoms with Crippen LogP contribution in [0.1, 0.15) is 58.2 Å². The van der Waals surface area contributed by atoms with E-state index in [2.05, 4.69) is 243 Å². The second-order valence-electron chi connectivity index (χ2n) is 25.8. The molecule has 0 spiro atoms. The minimum absolute atomic E-state index is 0.0537. The molecule has 1 nitrogen and oxygen atoms in total. The first-order chi connectivity index (χ1) is 39.3. The van der Waals surface area contributed by atoms with Crippen molar-refractivity contribution in [2.75, 3.05) is 7.11 Å². The molecular formula is C80H56O. The first-order valence-electron chi connectivity index (χ1n) is 28.9. The Morgan fingerprint density at radius 1 is 0.272 bits per heavy atom. The quantitative estimate of drug-likeness (QED) is 0.126. The zero-order valence-electron chi connectivity index (χ0n) is 46.9. The molecule has 0 radical (unpaired) electrons. The highest BCUT2D eigenvalue weighted by molar-refractivity contribution is 6.52. The largest absolute Gasteiger partial charge is 0.497 e. The molecule has 0 atom stereocenters. The summed E-state index contributed by atoms with van der Waals surface area (Å²) in [5.41, 5.74) is 11.3. The zero-order chi connectivity index (χ0) is 54.3. The minimum atomic E-state index is -0.0537. The molecule has 0 unspecified atom stereocenters. The number of hydrogen-bond acceptors (Lipinski definition) is 1. The van der Waals surface area contributed by atoms with E-state index in [0.717, 1.165) is 5.75 Å². The van der Waals surface area contributed by atoms with E-state index in [-0.39, 0.29) is 10.8 Å². The molecule has 0 heterocycles. The fourth-order valence-corrected chi connectivity index (χ4v) is 15.9.